The molecule has 3 aromatic carbocycles. The molecule has 128 valence electrons. The van der Waals surface area contributed by atoms with Crippen molar-refractivity contribution in [3.8, 4) is 0 Å². The number of hydrogen-bond donors (Lipinski definition) is 2. The molecule has 0 saturated heterocycles. The first-order valence-corrected chi connectivity index (χ1v) is 8.58. The molecule has 0 aliphatic heterocycles. The monoisotopic (exact) mass is 341 g/mol. The third-order valence-corrected chi connectivity index (χ3v) is 4.39. The minimum Gasteiger partial charge on any atom is -0.373 e. The smallest absolute Gasteiger partial charge is 0.272 e. The van der Waals surface area contributed by atoms with Gasteiger partial charge in [-0.2, -0.15) is 0 Å². The molecule has 4 nitrogen and oxygen atoms in total. The number of nitrogens with zero attached hydrogens (tertiary/aromatic N) is 1. The van der Waals surface area contributed by atoms with E-state index in [4.69, 9.17) is 0 Å². The highest BCUT2D eigenvalue weighted by molar-refractivity contribution is 5.73. The molecule has 2 N–H and O–H groups in total. The van der Waals surface area contributed by atoms with Gasteiger partial charge in [-0.05, 0) is 36.8 Å². The molecule has 4 aromatic rings. The normalized spacial score (nSPS) is 12.0. The Labute approximate surface area is 151 Å². The van der Waals surface area contributed by atoms with Gasteiger partial charge >= 0.3 is 0 Å². The summed E-state index contributed by atoms with van der Waals surface area (Å²) < 4.78 is 0. The Bertz CT molecular complexity index is 1090. The molecule has 0 aliphatic carbocycles. The van der Waals surface area contributed by atoms with Gasteiger partial charge in [0.1, 0.15) is 5.69 Å². The second-order valence-electron chi connectivity index (χ2n) is 6.32. The summed E-state index contributed by atoms with van der Waals surface area (Å²) in [4.78, 5) is 20.3. The number of fused-ring (bicyclic) bond motifs is 1. The van der Waals surface area contributed by atoms with E-state index in [1.807, 2.05) is 85.8 Å². The molecule has 1 atom stereocenters. The number of aromatic amines is 1. The van der Waals surface area contributed by atoms with Crippen LogP contribution in [0.3, 0.4) is 0 Å². The van der Waals surface area contributed by atoms with E-state index in [1.165, 1.54) is 5.56 Å². The van der Waals surface area contributed by atoms with Crippen LogP contribution in [0.5, 0.6) is 0 Å². The zero-order valence-corrected chi connectivity index (χ0v) is 14.4. The molecular formula is C22H19N3O. The Balaban J connectivity index is 1.84. The summed E-state index contributed by atoms with van der Waals surface area (Å²) >= 11 is 0. The average Bonchev–Trinajstić information content (AvgIpc) is 2.68. The van der Waals surface area contributed by atoms with E-state index in [1.54, 1.807) is 0 Å². The van der Waals surface area contributed by atoms with Crippen LogP contribution in [0.15, 0.2) is 83.7 Å². The largest absolute Gasteiger partial charge is 0.373 e. The lowest BCUT2D eigenvalue weighted by atomic mass is 10.0. The summed E-state index contributed by atoms with van der Waals surface area (Å²) in [5, 5.41) is 3.46. The van der Waals surface area contributed by atoms with Crippen molar-refractivity contribution in [2.24, 2.45) is 0 Å². The van der Waals surface area contributed by atoms with Crippen LogP contribution in [-0.4, -0.2) is 9.97 Å². The number of aryl methyl sites for hydroxylation is 1. The zero-order valence-electron chi connectivity index (χ0n) is 14.4. The van der Waals surface area contributed by atoms with Crippen LogP contribution in [0.4, 0.5) is 5.69 Å². The molecular weight excluding hydrogens is 322 g/mol. The van der Waals surface area contributed by atoms with E-state index in [0.29, 0.717) is 5.69 Å². The van der Waals surface area contributed by atoms with Crippen LogP contribution in [0, 0.1) is 6.92 Å². The first-order chi connectivity index (χ1) is 12.7. The second kappa shape index (κ2) is 6.84. The first kappa shape index (κ1) is 16.1. The average molecular weight is 341 g/mol. The summed E-state index contributed by atoms with van der Waals surface area (Å²) in [7, 11) is 0. The number of H-pyrrole nitrogens is 1. The Morgan fingerprint density at radius 2 is 1.58 bits per heavy atom. The van der Waals surface area contributed by atoms with Crippen molar-refractivity contribution in [2.45, 2.75) is 13.0 Å². The standard InChI is InChI=1S/C22H19N3O/c1-15-11-13-17(14-12-15)23-20(16-7-3-2-4-8-16)21-22(26)25-19-10-6-5-9-18(19)24-21/h2-14,20,23H,1H3,(H,25,26)/t20-/m1/s1. The molecule has 0 unspecified atom stereocenters. The Morgan fingerprint density at radius 3 is 2.35 bits per heavy atom. The van der Waals surface area contributed by atoms with Crippen LogP contribution in [0.25, 0.3) is 11.0 Å². The van der Waals surface area contributed by atoms with Gasteiger partial charge in [-0.3, -0.25) is 4.79 Å². The predicted molar refractivity (Wildman–Crippen MR) is 105 cm³/mol. The number of rotatable bonds is 4. The quantitative estimate of drug-likeness (QED) is 0.577. The molecule has 4 rings (SSSR count). The fraction of sp³-hybridized carbons (Fsp3) is 0.0909. The number of aromatic nitrogens is 2. The van der Waals surface area contributed by atoms with E-state index < -0.39 is 0 Å². The SMILES string of the molecule is Cc1ccc(N[C@H](c2ccccc2)c2nc3ccccc3[nH]c2=O)cc1. The highest BCUT2D eigenvalue weighted by atomic mass is 16.1. The van der Waals surface area contributed by atoms with Gasteiger partial charge in [0.15, 0.2) is 0 Å². The summed E-state index contributed by atoms with van der Waals surface area (Å²) in [6, 6.07) is 25.2. The van der Waals surface area contributed by atoms with Crippen LogP contribution in [-0.2, 0) is 0 Å². The van der Waals surface area contributed by atoms with Crippen LogP contribution in [0.1, 0.15) is 22.9 Å². The molecule has 0 fully saturated rings. The first-order valence-electron chi connectivity index (χ1n) is 8.58. The molecule has 26 heavy (non-hydrogen) atoms. The third kappa shape index (κ3) is 3.22. The fourth-order valence-electron chi connectivity index (χ4n) is 3.01. The molecule has 0 saturated carbocycles. The van der Waals surface area contributed by atoms with Crippen molar-refractivity contribution in [1.29, 1.82) is 0 Å². The van der Waals surface area contributed by atoms with E-state index in [-0.39, 0.29) is 11.6 Å². The molecule has 0 amide bonds. The van der Waals surface area contributed by atoms with Crippen molar-refractivity contribution in [3.05, 3.63) is 106 Å². The molecule has 0 radical (unpaired) electrons. The lowest BCUT2D eigenvalue weighted by Crippen LogP contribution is -2.24. The van der Waals surface area contributed by atoms with Crippen molar-refractivity contribution in [3.63, 3.8) is 0 Å². The Morgan fingerprint density at radius 1 is 0.885 bits per heavy atom. The van der Waals surface area contributed by atoms with Crippen molar-refractivity contribution < 1.29 is 0 Å². The highest BCUT2D eigenvalue weighted by Gasteiger charge is 2.19. The van der Waals surface area contributed by atoms with Gasteiger partial charge < -0.3 is 10.3 Å². The number of benzene rings is 3. The van der Waals surface area contributed by atoms with Gasteiger partial charge in [-0.25, -0.2) is 4.98 Å². The van der Waals surface area contributed by atoms with Gasteiger partial charge in [-0.1, -0.05) is 60.2 Å². The highest BCUT2D eigenvalue weighted by Crippen LogP contribution is 2.24. The van der Waals surface area contributed by atoms with Gasteiger partial charge in [0.2, 0.25) is 0 Å². The minimum atomic E-state index is -0.340. The summed E-state index contributed by atoms with van der Waals surface area (Å²) in [6.07, 6.45) is 0. The number of anilines is 1. The van der Waals surface area contributed by atoms with Crippen LogP contribution < -0.4 is 10.9 Å². The van der Waals surface area contributed by atoms with E-state index >= 15 is 0 Å². The molecule has 0 aliphatic rings. The van der Waals surface area contributed by atoms with E-state index in [9.17, 15) is 4.79 Å². The zero-order chi connectivity index (χ0) is 17.9. The van der Waals surface area contributed by atoms with Crippen LogP contribution >= 0.6 is 0 Å². The molecule has 0 bridgehead atoms. The van der Waals surface area contributed by atoms with E-state index in [2.05, 4.69) is 15.3 Å². The maximum absolute atomic E-state index is 12.7. The number of nitrogens with one attached hydrogen (secondary N) is 2. The molecule has 1 aromatic heterocycles. The topological polar surface area (TPSA) is 57.8 Å². The lowest BCUT2D eigenvalue weighted by molar-refractivity contribution is 0.867. The summed E-state index contributed by atoms with van der Waals surface area (Å²) in [6.45, 7) is 2.05. The van der Waals surface area contributed by atoms with Gasteiger partial charge in [0.25, 0.3) is 5.56 Å². The maximum Gasteiger partial charge on any atom is 0.272 e. The fourth-order valence-corrected chi connectivity index (χ4v) is 3.01. The number of hydrogen-bond acceptors (Lipinski definition) is 3. The molecule has 4 heteroatoms. The lowest BCUT2D eigenvalue weighted by Gasteiger charge is -2.20. The predicted octanol–water partition coefficient (Wildman–Crippen LogP) is 4.43. The molecule has 1 heterocycles. The van der Waals surface area contributed by atoms with Gasteiger partial charge in [-0.15, -0.1) is 0 Å². The van der Waals surface area contributed by atoms with Gasteiger partial charge in [0, 0.05) is 5.69 Å². The van der Waals surface area contributed by atoms with Crippen molar-refractivity contribution >= 4 is 16.7 Å². The van der Waals surface area contributed by atoms with Crippen molar-refractivity contribution in [1.82, 2.24) is 9.97 Å². The van der Waals surface area contributed by atoms with Crippen molar-refractivity contribution in [2.75, 3.05) is 5.32 Å². The Hall–Kier alpha value is -3.40. The van der Waals surface area contributed by atoms with E-state index in [0.717, 1.165) is 22.3 Å². The van der Waals surface area contributed by atoms with Gasteiger partial charge in [0.05, 0.1) is 17.1 Å². The third-order valence-electron chi connectivity index (χ3n) is 4.39. The minimum absolute atomic E-state index is 0.183. The number of para-hydroxylation sites is 2. The maximum atomic E-state index is 12.7. The Kier molecular flexibility index (Phi) is 4.23. The van der Waals surface area contributed by atoms with Crippen LogP contribution in [0.2, 0.25) is 0 Å². The molecule has 0 spiro atoms. The summed E-state index contributed by atoms with van der Waals surface area (Å²) in [5.74, 6) is 0. The summed E-state index contributed by atoms with van der Waals surface area (Å²) in [5.41, 5.74) is 4.90. The second-order valence-corrected chi connectivity index (χ2v) is 6.32.